The van der Waals surface area contributed by atoms with Crippen LogP contribution in [-0.4, -0.2) is 29.9 Å². The van der Waals surface area contributed by atoms with Gasteiger partial charge in [0.05, 0.1) is 12.4 Å². The Morgan fingerprint density at radius 3 is 2.62 bits per heavy atom. The molecule has 0 aromatic heterocycles. The molecule has 5 nitrogen and oxygen atoms in total. The van der Waals surface area contributed by atoms with Crippen LogP contribution >= 0.6 is 11.6 Å². The summed E-state index contributed by atoms with van der Waals surface area (Å²) in [5, 5.41) is 6.13. The summed E-state index contributed by atoms with van der Waals surface area (Å²) in [5.41, 5.74) is 0.799. The zero-order chi connectivity index (χ0) is 18.7. The molecule has 1 fully saturated rings. The van der Waals surface area contributed by atoms with Gasteiger partial charge < -0.3 is 10.2 Å². The van der Waals surface area contributed by atoms with Gasteiger partial charge in [0.15, 0.2) is 0 Å². The molecule has 0 saturated carbocycles. The van der Waals surface area contributed by atoms with Crippen LogP contribution in [0.5, 0.6) is 0 Å². The van der Waals surface area contributed by atoms with Gasteiger partial charge in [0, 0.05) is 23.6 Å². The molecule has 1 unspecified atom stereocenters. The molecule has 0 spiro atoms. The molecule has 1 aliphatic rings. The number of hydrogen-bond acceptors (Lipinski definition) is 3. The first kappa shape index (κ1) is 18.3. The van der Waals surface area contributed by atoms with E-state index in [9.17, 15) is 18.4 Å². The smallest absolute Gasteiger partial charge is 0.244 e. The summed E-state index contributed by atoms with van der Waals surface area (Å²) >= 11 is 5.86. The second-order valence-electron chi connectivity index (χ2n) is 5.93. The van der Waals surface area contributed by atoms with E-state index in [2.05, 4.69) is 10.6 Å². The van der Waals surface area contributed by atoms with E-state index < -0.39 is 17.5 Å². The molecule has 3 rings (SSSR count). The molecular formula is C18H16ClF2N3O2. The van der Waals surface area contributed by atoms with Gasteiger partial charge in [-0.2, -0.15) is 0 Å². The number of hydrogen-bond donors (Lipinski definition) is 2. The number of anilines is 1. The SMILES string of the molecule is O=C(CN1CNC(c2ccc(Cl)cc2)CC1=O)Nc1ccc(F)cc1F. The largest absolute Gasteiger partial charge is 0.322 e. The van der Waals surface area contributed by atoms with Crippen LogP contribution in [0.4, 0.5) is 14.5 Å². The third-order valence-electron chi connectivity index (χ3n) is 4.07. The van der Waals surface area contributed by atoms with Gasteiger partial charge in [-0.1, -0.05) is 23.7 Å². The highest BCUT2D eigenvalue weighted by atomic mass is 35.5. The Bertz CT molecular complexity index is 830. The lowest BCUT2D eigenvalue weighted by Gasteiger charge is -2.32. The molecule has 1 saturated heterocycles. The van der Waals surface area contributed by atoms with Crippen LogP contribution in [0.2, 0.25) is 5.02 Å². The van der Waals surface area contributed by atoms with Crippen molar-refractivity contribution in [2.24, 2.45) is 0 Å². The summed E-state index contributed by atoms with van der Waals surface area (Å²) in [7, 11) is 0. The second kappa shape index (κ2) is 7.80. The monoisotopic (exact) mass is 379 g/mol. The van der Waals surface area contributed by atoms with Gasteiger partial charge >= 0.3 is 0 Å². The molecule has 0 bridgehead atoms. The first-order chi connectivity index (χ1) is 12.4. The van der Waals surface area contributed by atoms with Gasteiger partial charge in [0.25, 0.3) is 0 Å². The minimum absolute atomic E-state index is 0.132. The molecule has 1 atom stereocenters. The van der Waals surface area contributed by atoms with Crippen molar-refractivity contribution in [1.82, 2.24) is 10.2 Å². The number of rotatable bonds is 4. The molecule has 2 N–H and O–H groups in total. The molecule has 0 radical (unpaired) electrons. The number of halogens is 3. The molecule has 26 heavy (non-hydrogen) atoms. The van der Waals surface area contributed by atoms with Gasteiger partial charge in [-0.15, -0.1) is 0 Å². The van der Waals surface area contributed by atoms with Crippen LogP contribution in [0.3, 0.4) is 0 Å². The van der Waals surface area contributed by atoms with E-state index in [0.717, 1.165) is 17.7 Å². The molecule has 2 amide bonds. The van der Waals surface area contributed by atoms with Crippen molar-refractivity contribution in [1.29, 1.82) is 0 Å². The standard InChI is InChI=1S/C18H16ClF2N3O2/c19-12-3-1-11(2-4-12)16-8-18(26)24(10-22-16)9-17(25)23-15-6-5-13(20)7-14(15)21/h1-7,16,22H,8-10H2,(H,23,25). The Morgan fingerprint density at radius 1 is 1.23 bits per heavy atom. The Kier molecular flexibility index (Phi) is 5.49. The van der Waals surface area contributed by atoms with Gasteiger partial charge in [0.2, 0.25) is 11.8 Å². The molecule has 2 aromatic carbocycles. The van der Waals surface area contributed by atoms with Crippen LogP contribution in [0.25, 0.3) is 0 Å². The minimum Gasteiger partial charge on any atom is -0.322 e. The number of carbonyl (C=O) groups is 2. The summed E-state index contributed by atoms with van der Waals surface area (Å²) < 4.78 is 26.5. The molecule has 1 heterocycles. The lowest BCUT2D eigenvalue weighted by Crippen LogP contribution is -2.49. The maximum atomic E-state index is 13.6. The van der Waals surface area contributed by atoms with Crippen molar-refractivity contribution in [2.45, 2.75) is 12.5 Å². The first-order valence-corrected chi connectivity index (χ1v) is 8.31. The van der Waals surface area contributed by atoms with Gasteiger partial charge in [-0.3, -0.25) is 14.9 Å². The third-order valence-corrected chi connectivity index (χ3v) is 4.32. The van der Waals surface area contributed by atoms with E-state index >= 15 is 0 Å². The Morgan fingerprint density at radius 2 is 1.96 bits per heavy atom. The zero-order valence-corrected chi connectivity index (χ0v) is 14.4. The van der Waals surface area contributed by atoms with E-state index in [4.69, 9.17) is 11.6 Å². The molecule has 136 valence electrons. The second-order valence-corrected chi connectivity index (χ2v) is 6.37. The van der Waals surface area contributed by atoms with Crippen LogP contribution in [0.15, 0.2) is 42.5 Å². The maximum Gasteiger partial charge on any atom is 0.244 e. The van der Waals surface area contributed by atoms with Crippen LogP contribution in [0, 0.1) is 11.6 Å². The summed E-state index contributed by atoms with van der Waals surface area (Å²) in [6, 6.07) is 9.88. The lowest BCUT2D eigenvalue weighted by molar-refractivity contribution is -0.138. The topological polar surface area (TPSA) is 61.4 Å². The summed E-state index contributed by atoms with van der Waals surface area (Å²) in [4.78, 5) is 25.7. The lowest BCUT2D eigenvalue weighted by atomic mass is 10.0. The summed E-state index contributed by atoms with van der Waals surface area (Å²) in [6.45, 7) is -0.0402. The maximum absolute atomic E-state index is 13.6. The van der Waals surface area contributed by atoms with E-state index in [1.54, 1.807) is 12.1 Å². The minimum atomic E-state index is -0.871. The predicted molar refractivity (Wildman–Crippen MR) is 93.5 cm³/mol. The molecular weight excluding hydrogens is 364 g/mol. The Hall–Kier alpha value is -2.51. The molecule has 8 heteroatoms. The van der Waals surface area contributed by atoms with E-state index in [-0.39, 0.29) is 37.3 Å². The molecule has 2 aromatic rings. The van der Waals surface area contributed by atoms with Crippen LogP contribution in [0.1, 0.15) is 18.0 Å². The highest BCUT2D eigenvalue weighted by Crippen LogP contribution is 2.23. The Labute approximate surface area is 153 Å². The highest BCUT2D eigenvalue weighted by Gasteiger charge is 2.27. The van der Waals surface area contributed by atoms with Crippen LogP contribution in [-0.2, 0) is 9.59 Å². The van der Waals surface area contributed by atoms with Crippen molar-refractivity contribution in [3.05, 3.63) is 64.7 Å². The van der Waals surface area contributed by atoms with Gasteiger partial charge in [-0.05, 0) is 29.8 Å². The van der Waals surface area contributed by atoms with Gasteiger partial charge in [-0.25, -0.2) is 8.78 Å². The summed E-state index contributed by atoms with van der Waals surface area (Å²) in [6.07, 6.45) is 0.194. The van der Waals surface area contributed by atoms with Crippen molar-refractivity contribution in [2.75, 3.05) is 18.5 Å². The number of carbonyl (C=O) groups excluding carboxylic acids is 2. The Balaban J connectivity index is 1.57. The number of benzene rings is 2. The van der Waals surface area contributed by atoms with Crippen molar-refractivity contribution < 1.29 is 18.4 Å². The predicted octanol–water partition coefficient (Wildman–Crippen LogP) is 3.08. The van der Waals surface area contributed by atoms with E-state index in [0.29, 0.717) is 11.1 Å². The van der Waals surface area contributed by atoms with Crippen molar-refractivity contribution in [3.63, 3.8) is 0 Å². The average Bonchev–Trinajstić information content (AvgIpc) is 2.60. The fourth-order valence-electron chi connectivity index (χ4n) is 2.71. The van der Waals surface area contributed by atoms with Crippen molar-refractivity contribution in [3.8, 4) is 0 Å². The van der Waals surface area contributed by atoms with Crippen molar-refractivity contribution >= 4 is 29.1 Å². The normalized spacial score (nSPS) is 17.3. The molecule has 0 aliphatic carbocycles. The molecule has 1 aliphatic heterocycles. The number of nitrogens with zero attached hydrogens (tertiary/aromatic N) is 1. The number of nitrogens with one attached hydrogen (secondary N) is 2. The number of amides is 2. The van der Waals surface area contributed by atoms with E-state index in [1.807, 2.05) is 12.1 Å². The first-order valence-electron chi connectivity index (χ1n) is 7.94. The van der Waals surface area contributed by atoms with Gasteiger partial charge in [0.1, 0.15) is 18.2 Å². The highest BCUT2D eigenvalue weighted by molar-refractivity contribution is 6.30. The third kappa shape index (κ3) is 4.36. The average molecular weight is 380 g/mol. The van der Waals surface area contributed by atoms with E-state index in [1.165, 1.54) is 4.90 Å². The summed E-state index contributed by atoms with van der Waals surface area (Å²) in [5.74, 6) is -2.36. The fourth-order valence-corrected chi connectivity index (χ4v) is 2.84. The van der Waals surface area contributed by atoms with Crippen LogP contribution < -0.4 is 10.6 Å². The zero-order valence-electron chi connectivity index (χ0n) is 13.6. The quantitative estimate of drug-likeness (QED) is 0.858. The fraction of sp³-hybridized carbons (Fsp3) is 0.222.